The van der Waals surface area contributed by atoms with Crippen LogP contribution in [0.5, 0.6) is 11.5 Å². The molecule has 2 saturated heterocycles. The number of para-hydroxylation sites is 2. The van der Waals surface area contributed by atoms with E-state index in [-0.39, 0.29) is 16.4 Å². The van der Waals surface area contributed by atoms with Gasteiger partial charge in [-0.05, 0) is 54.6 Å². The highest BCUT2D eigenvalue weighted by Gasteiger charge is 2.36. The minimum Gasteiger partial charge on any atom is -0.504 e. The summed E-state index contributed by atoms with van der Waals surface area (Å²) in [5, 5.41) is 12.3. The maximum atomic E-state index is 12.9. The van der Waals surface area contributed by atoms with E-state index in [1.165, 1.54) is 12.1 Å². The summed E-state index contributed by atoms with van der Waals surface area (Å²) >= 11 is 4.11. The third-order valence-corrected chi connectivity index (χ3v) is 6.96. The molecular weight excluding hydrogens is 538 g/mol. The van der Waals surface area contributed by atoms with Gasteiger partial charge in [0.25, 0.3) is 11.1 Å². The van der Waals surface area contributed by atoms with E-state index in [0.29, 0.717) is 48.6 Å². The number of thioether (sulfide) groups is 1. The quantitative estimate of drug-likeness (QED) is 0.487. The first kappa shape index (κ1) is 25.1. The van der Waals surface area contributed by atoms with Gasteiger partial charge in [0.15, 0.2) is 11.5 Å². The Hall–Kier alpha value is -3.02. The van der Waals surface area contributed by atoms with Crippen LogP contribution in [0.15, 0.2) is 45.8 Å². The average molecular weight is 562 g/mol. The lowest BCUT2D eigenvalue weighted by molar-refractivity contribution is -0.127. The molecule has 0 bridgehead atoms. The van der Waals surface area contributed by atoms with E-state index < -0.39 is 23.6 Å². The molecular formula is C24H24BrN3O6S. The second-order valence-electron chi connectivity index (χ2n) is 7.71. The molecule has 2 aliphatic heterocycles. The molecule has 2 heterocycles. The molecule has 0 atom stereocenters. The van der Waals surface area contributed by atoms with Crippen molar-refractivity contribution in [3.8, 4) is 11.5 Å². The van der Waals surface area contributed by atoms with E-state index in [1.807, 2.05) is 18.2 Å². The number of morpholine rings is 1. The minimum atomic E-state index is -0.561. The lowest BCUT2D eigenvalue weighted by atomic mass is 10.2. The Morgan fingerprint density at radius 3 is 2.74 bits per heavy atom. The number of phenolic OH excluding ortho intramolecular Hbond substituents is 1. The number of hydrogen-bond acceptors (Lipinski definition) is 8. The molecule has 2 aromatic carbocycles. The van der Waals surface area contributed by atoms with Crippen LogP contribution in [0.4, 0.5) is 16.2 Å². The summed E-state index contributed by atoms with van der Waals surface area (Å²) in [5.74, 6) is -0.814. The van der Waals surface area contributed by atoms with Crippen molar-refractivity contribution in [1.29, 1.82) is 0 Å². The van der Waals surface area contributed by atoms with Crippen LogP contribution in [0.25, 0.3) is 6.08 Å². The summed E-state index contributed by atoms with van der Waals surface area (Å²) in [5.41, 5.74) is 2.03. The lowest BCUT2D eigenvalue weighted by Gasteiger charge is -2.30. The number of phenols is 1. The summed E-state index contributed by atoms with van der Waals surface area (Å²) in [4.78, 5) is 41.5. The number of nitrogens with zero attached hydrogens (tertiary/aromatic N) is 2. The van der Waals surface area contributed by atoms with Crippen LogP contribution >= 0.6 is 27.7 Å². The maximum Gasteiger partial charge on any atom is 0.294 e. The SMILES string of the molecule is CCOc1cc(/C=C2\SC(=O)N(CC(=O)Nc3ccccc3N3CCOCC3)C2=O)c(Br)cc1O. The molecule has 0 spiro atoms. The highest BCUT2D eigenvalue weighted by Crippen LogP contribution is 2.37. The number of halogens is 1. The van der Waals surface area contributed by atoms with Crippen molar-refractivity contribution in [2.75, 3.05) is 49.7 Å². The number of amides is 3. The molecule has 2 aliphatic rings. The van der Waals surface area contributed by atoms with Gasteiger partial charge in [0.2, 0.25) is 5.91 Å². The van der Waals surface area contributed by atoms with Crippen molar-refractivity contribution in [3.63, 3.8) is 0 Å². The van der Waals surface area contributed by atoms with Gasteiger partial charge in [0.1, 0.15) is 6.54 Å². The van der Waals surface area contributed by atoms with Crippen LogP contribution in [-0.4, -0.2) is 66.5 Å². The van der Waals surface area contributed by atoms with E-state index in [4.69, 9.17) is 9.47 Å². The fourth-order valence-corrected chi connectivity index (χ4v) is 4.99. The van der Waals surface area contributed by atoms with E-state index in [2.05, 4.69) is 26.1 Å². The summed E-state index contributed by atoms with van der Waals surface area (Å²) in [6, 6.07) is 10.4. The second-order valence-corrected chi connectivity index (χ2v) is 9.55. The Morgan fingerprint density at radius 2 is 2.00 bits per heavy atom. The Balaban J connectivity index is 1.47. The van der Waals surface area contributed by atoms with Gasteiger partial charge >= 0.3 is 0 Å². The molecule has 0 aromatic heterocycles. The zero-order valence-corrected chi connectivity index (χ0v) is 21.4. The van der Waals surface area contributed by atoms with Gasteiger partial charge in [0.05, 0.1) is 36.1 Å². The lowest BCUT2D eigenvalue weighted by Crippen LogP contribution is -2.38. The number of ether oxygens (including phenoxy) is 2. The van der Waals surface area contributed by atoms with Gasteiger partial charge in [-0.25, -0.2) is 0 Å². The summed E-state index contributed by atoms with van der Waals surface area (Å²) in [6.45, 7) is 4.37. The molecule has 184 valence electrons. The van der Waals surface area contributed by atoms with Crippen LogP contribution in [0, 0.1) is 0 Å². The first-order chi connectivity index (χ1) is 16.9. The minimum absolute atomic E-state index is 0.0435. The van der Waals surface area contributed by atoms with Gasteiger partial charge in [-0.1, -0.05) is 28.1 Å². The standard InChI is InChI=1S/C24H24BrN3O6S/c1-2-34-20-11-15(16(25)13-19(20)29)12-21-23(31)28(24(32)35-21)14-22(30)26-17-5-3-4-6-18(17)27-7-9-33-10-8-27/h3-6,11-13,29H,2,7-10,14H2,1H3,(H,26,30)/b21-12-. The highest BCUT2D eigenvalue weighted by atomic mass is 79.9. The predicted octanol–water partition coefficient (Wildman–Crippen LogP) is 4.07. The van der Waals surface area contributed by atoms with Crippen LogP contribution in [0.2, 0.25) is 0 Å². The Labute approximate surface area is 215 Å². The molecule has 3 amide bonds. The highest BCUT2D eigenvalue weighted by molar-refractivity contribution is 9.10. The molecule has 0 saturated carbocycles. The molecule has 0 radical (unpaired) electrons. The van der Waals surface area contributed by atoms with E-state index >= 15 is 0 Å². The number of benzene rings is 2. The van der Waals surface area contributed by atoms with Gasteiger partial charge in [-0.15, -0.1) is 0 Å². The number of hydrogen-bond donors (Lipinski definition) is 2. The Kier molecular flexibility index (Phi) is 7.99. The summed E-state index contributed by atoms with van der Waals surface area (Å²) < 4.78 is 11.3. The molecule has 35 heavy (non-hydrogen) atoms. The predicted molar refractivity (Wildman–Crippen MR) is 138 cm³/mol. The molecule has 2 aromatic rings. The molecule has 4 rings (SSSR count). The van der Waals surface area contributed by atoms with Crippen molar-refractivity contribution < 1.29 is 29.0 Å². The fraction of sp³-hybridized carbons (Fsp3) is 0.292. The van der Waals surface area contributed by atoms with Gasteiger partial charge in [-0.3, -0.25) is 19.3 Å². The third kappa shape index (κ3) is 5.80. The van der Waals surface area contributed by atoms with Crippen LogP contribution < -0.4 is 15.0 Å². The van der Waals surface area contributed by atoms with Crippen LogP contribution in [0.1, 0.15) is 12.5 Å². The number of imide groups is 1. The fourth-order valence-electron chi connectivity index (χ4n) is 3.71. The summed E-state index contributed by atoms with van der Waals surface area (Å²) in [6.07, 6.45) is 1.53. The molecule has 0 unspecified atom stereocenters. The van der Waals surface area contributed by atoms with Crippen molar-refractivity contribution in [2.45, 2.75) is 6.92 Å². The van der Waals surface area contributed by atoms with E-state index in [1.54, 1.807) is 19.1 Å². The Bertz CT molecular complexity index is 1180. The van der Waals surface area contributed by atoms with Crippen LogP contribution in [0.3, 0.4) is 0 Å². The topological polar surface area (TPSA) is 108 Å². The first-order valence-corrected chi connectivity index (χ1v) is 12.6. The average Bonchev–Trinajstić information content (AvgIpc) is 3.10. The molecule has 9 nitrogen and oxygen atoms in total. The smallest absolute Gasteiger partial charge is 0.294 e. The first-order valence-electron chi connectivity index (χ1n) is 11.0. The monoisotopic (exact) mass is 561 g/mol. The number of carbonyl (C=O) groups is 3. The van der Waals surface area contributed by atoms with Crippen molar-refractivity contribution in [2.24, 2.45) is 0 Å². The molecule has 2 fully saturated rings. The van der Waals surface area contributed by atoms with Crippen molar-refractivity contribution >= 4 is 62.2 Å². The number of anilines is 2. The van der Waals surface area contributed by atoms with Crippen LogP contribution in [-0.2, 0) is 14.3 Å². The number of rotatable bonds is 7. The van der Waals surface area contributed by atoms with E-state index in [9.17, 15) is 19.5 Å². The molecule has 11 heteroatoms. The van der Waals surface area contributed by atoms with Crippen molar-refractivity contribution in [1.82, 2.24) is 4.90 Å². The molecule has 0 aliphatic carbocycles. The number of carbonyl (C=O) groups excluding carboxylic acids is 3. The Morgan fingerprint density at radius 1 is 1.26 bits per heavy atom. The third-order valence-electron chi connectivity index (χ3n) is 5.37. The second kappa shape index (κ2) is 11.1. The maximum absolute atomic E-state index is 12.9. The number of aromatic hydroxyl groups is 1. The molecule has 2 N–H and O–H groups in total. The normalized spacial score (nSPS) is 17.3. The number of nitrogens with one attached hydrogen (secondary N) is 1. The largest absolute Gasteiger partial charge is 0.504 e. The summed E-state index contributed by atoms with van der Waals surface area (Å²) in [7, 11) is 0. The van der Waals surface area contributed by atoms with Crippen molar-refractivity contribution in [3.05, 3.63) is 51.3 Å². The van der Waals surface area contributed by atoms with Gasteiger partial charge < -0.3 is 24.8 Å². The van der Waals surface area contributed by atoms with E-state index in [0.717, 1.165) is 22.3 Å². The van der Waals surface area contributed by atoms with Gasteiger partial charge in [0, 0.05) is 17.6 Å². The zero-order valence-electron chi connectivity index (χ0n) is 19.0. The van der Waals surface area contributed by atoms with Gasteiger partial charge in [-0.2, -0.15) is 0 Å². The zero-order chi connectivity index (χ0) is 24.9.